The zero-order valence-electron chi connectivity index (χ0n) is 21.7. The third-order valence-electron chi connectivity index (χ3n) is 6.20. The number of thiophene rings is 1. The highest BCUT2D eigenvalue weighted by molar-refractivity contribution is 7.22. The van der Waals surface area contributed by atoms with Gasteiger partial charge >= 0.3 is 0 Å². The smallest absolute Gasteiger partial charge is 0.266 e. The summed E-state index contributed by atoms with van der Waals surface area (Å²) in [6.45, 7) is 16.3. The number of carbonyl (C=O) groups is 1. The van der Waals surface area contributed by atoms with Crippen LogP contribution in [0.1, 0.15) is 39.0 Å². The Labute approximate surface area is 211 Å². The van der Waals surface area contributed by atoms with Gasteiger partial charge in [-0.05, 0) is 19.0 Å². The van der Waals surface area contributed by atoms with E-state index in [4.69, 9.17) is 9.47 Å². The Bertz CT molecular complexity index is 1300. The van der Waals surface area contributed by atoms with E-state index in [1.807, 2.05) is 40.0 Å². The maximum Gasteiger partial charge on any atom is 0.266 e. The highest BCUT2D eigenvalue weighted by Gasteiger charge is 2.39. The van der Waals surface area contributed by atoms with E-state index in [9.17, 15) is 9.59 Å². The topological polar surface area (TPSA) is 98.2 Å². The Kier molecular flexibility index (Phi) is 6.86. The van der Waals surface area contributed by atoms with Crippen LogP contribution in [0.3, 0.4) is 0 Å². The van der Waals surface area contributed by atoms with Crippen molar-refractivity contribution >= 4 is 35.4 Å². The second-order valence-electron chi connectivity index (χ2n) is 11.8. The Morgan fingerprint density at radius 2 is 2.11 bits per heavy atom. The van der Waals surface area contributed by atoms with Crippen LogP contribution in [0, 0.1) is 5.41 Å². The van der Waals surface area contributed by atoms with Gasteiger partial charge in [-0.1, -0.05) is 40.4 Å². The van der Waals surface area contributed by atoms with Gasteiger partial charge in [-0.3, -0.25) is 9.59 Å². The predicted molar refractivity (Wildman–Crippen MR) is 142 cm³/mol. The Morgan fingerprint density at radius 1 is 1.37 bits per heavy atom. The molecule has 0 spiro atoms. The number of nitrogens with one attached hydrogen (secondary N) is 2. The van der Waals surface area contributed by atoms with Crippen molar-refractivity contribution in [3.63, 3.8) is 0 Å². The van der Waals surface area contributed by atoms with Crippen molar-refractivity contribution < 1.29 is 14.3 Å². The second-order valence-corrected chi connectivity index (χ2v) is 18.5. The SMILES string of the molecule is CC(C)(C)C(=O)NC1(C)COCc2c1[nH]c(=O)c1sc(-c3cnn(COCC[Si](C)(C)C)c3)cc21. The lowest BCUT2D eigenvalue weighted by molar-refractivity contribution is -0.132. The number of hydrogen-bond acceptors (Lipinski definition) is 6. The van der Waals surface area contributed by atoms with Crippen LogP contribution in [-0.2, 0) is 33.1 Å². The molecule has 10 heteroatoms. The first kappa shape index (κ1) is 25.8. The van der Waals surface area contributed by atoms with Crippen LogP contribution >= 0.6 is 11.3 Å². The number of rotatable bonds is 7. The van der Waals surface area contributed by atoms with Crippen molar-refractivity contribution in [3.8, 4) is 10.4 Å². The van der Waals surface area contributed by atoms with E-state index < -0.39 is 19.0 Å². The van der Waals surface area contributed by atoms with E-state index in [0.717, 1.165) is 39.7 Å². The molecule has 0 radical (unpaired) electrons. The van der Waals surface area contributed by atoms with Gasteiger partial charge in [0.05, 0.1) is 25.1 Å². The molecule has 0 bridgehead atoms. The average molecular weight is 517 g/mol. The molecule has 4 rings (SSSR count). The highest BCUT2D eigenvalue weighted by atomic mass is 32.1. The molecule has 190 valence electrons. The van der Waals surface area contributed by atoms with Crippen LogP contribution in [0.2, 0.25) is 25.7 Å². The Hall–Kier alpha value is -2.27. The molecule has 0 fully saturated rings. The summed E-state index contributed by atoms with van der Waals surface area (Å²) in [5.41, 5.74) is 1.04. The van der Waals surface area contributed by atoms with Gasteiger partial charge in [0.25, 0.3) is 5.56 Å². The molecule has 0 saturated heterocycles. The number of carbonyl (C=O) groups excluding carboxylic acids is 1. The number of hydrogen-bond donors (Lipinski definition) is 2. The summed E-state index contributed by atoms with van der Waals surface area (Å²) >= 11 is 1.44. The van der Waals surface area contributed by atoms with Crippen LogP contribution < -0.4 is 10.9 Å². The summed E-state index contributed by atoms with van der Waals surface area (Å²) in [5, 5.41) is 8.40. The molecule has 2 N–H and O–H groups in total. The number of fused-ring (bicyclic) bond motifs is 3. The van der Waals surface area contributed by atoms with Crippen LogP contribution in [0.25, 0.3) is 20.5 Å². The lowest BCUT2D eigenvalue weighted by atomic mass is 9.87. The van der Waals surface area contributed by atoms with Gasteiger partial charge in [0.2, 0.25) is 5.91 Å². The van der Waals surface area contributed by atoms with Gasteiger partial charge in [-0.25, -0.2) is 4.68 Å². The van der Waals surface area contributed by atoms with Crippen molar-refractivity contribution in [3.05, 3.63) is 40.1 Å². The number of H-pyrrole nitrogens is 1. The summed E-state index contributed by atoms with van der Waals surface area (Å²) in [5.74, 6) is -0.0946. The average Bonchev–Trinajstić information content (AvgIpc) is 3.38. The van der Waals surface area contributed by atoms with Gasteiger partial charge in [-0.15, -0.1) is 11.3 Å². The van der Waals surface area contributed by atoms with E-state index in [1.54, 1.807) is 10.9 Å². The molecule has 1 unspecified atom stereocenters. The zero-order valence-corrected chi connectivity index (χ0v) is 23.5. The van der Waals surface area contributed by atoms with Crippen molar-refractivity contribution in [2.24, 2.45) is 5.41 Å². The molecule has 3 aromatic heterocycles. The summed E-state index contributed by atoms with van der Waals surface area (Å²) in [4.78, 5) is 29.9. The molecule has 1 aliphatic heterocycles. The lowest BCUT2D eigenvalue weighted by Gasteiger charge is -2.38. The minimum atomic E-state index is -1.13. The third-order valence-corrected chi connectivity index (χ3v) is 9.09. The molecule has 1 atom stereocenters. The minimum absolute atomic E-state index is 0.0946. The summed E-state index contributed by atoms with van der Waals surface area (Å²) in [6, 6.07) is 3.14. The molecule has 35 heavy (non-hydrogen) atoms. The summed E-state index contributed by atoms with van der Waals surface area (Å²) < 4.78 is 14.1. The number of aromatic amines is 1. The maximum atomic E-state index is 13.1. The summed E-state index contributed by atoms with van der Waals surface area (Å²) in [6.07, 6.45) is 3.75. The minimum Gasteiger partial charge on any atom is -0.374 e. The normalized spacial score (nSPS) is 18.6. The first-order valence-electron chi connectivity index (χ1n) is 12.0. The molecule has 1 amide bonds. The number of amides is 1. The Balaban J connectivity index is 1.61. The molecule has 1 aliphatic rings. The van der Waals surface area contributed by atoms with Crippen LogP contribution in [0.15, 0.2) is 23.3 Å². The standard InChI is InChI=1S/C25H36N4O4SSi/c1-24(2,3)23(31)28-25(4)14-33-13-18-17-10-19(34-20(17)22(30)27-21(18)25)16-11-26-29(12-16)15-32-8-9-35(5,6)7/h10-12H,8-9,13-15H2,1-7H3,(H,27,30)(H,28,31). The van der Waals surface area contributed by atoms with Crippen LogP contribution in [-0.4, -0.2) is 42.0 Å². The highest BCUT2D eigenvalue weighted by Crippen LogP contribution is 2.38. The zero-order chi connectivity index (χ0) is 25.6. The second kappa shape index (κ2) is 9.31. The molecular formula is C25H36N4O4SSi. The molecule has 0 aromatic carbocycles. The monoisotopic (exact) mass is 516 g/mol. The molecule has 8 nitrogen and oxygen atoms in total. The fourth-order valence-electron chi connectivity index (χ4n) is 3.99. The van der Waals surface area contributed by atoms with E-state index >= 15 is 0 Å². The van der Waals surface area contributed by atoms with E-state index in [1.165, 1.54) is 11.3 Å². The van der Waals surface area contributed by atoms with E-state index in [2.05, 4.69) is 35.0 Å². The van der Waals surface area contributed by atoms with E-state index in [-0.39, 0.29) is 11.5 Å². The van der Waals surface area contributed by atoms with Gasteiger partial charge in [0.1, 0.15) is 17.0 Å². The van der Waals surface area contributed by atoms with Crippen LogP contribution in [0.4, 0.5) is 0 Å². The fraction of sp³-hybridized carbons (Fsp3) is 0.560. The molecule has 0 aliphatic carbocycles. The summed E-state index contributed by atoms with van der Waals surface area (Å²) in [7, 11) is -1.13. The number of aromatic nitrogens is 3. The fourth-order valence-corrected chi connectivity index (χ4v) is 5.80. The predicted octanol–water partition coefficient (Wildman–Crippen LogP) is 4.67. The van der Waals surface area contributed by atoms with Crippen molar-refractivity contribution in [2.45, 2.75) is 72.3 Å². The van der Waals surface area contributed by atoms with Gasteiger partial charge < -0.3 is 19.8 Å². The van der Waals surface area contributed by atoms with Gasteiger partial charge in [0, 0.05) is 47.7 Å². The maximum absolute atomic E-state index is 13.1. The van der Waals surface area contributed by atoms with Crippen molar-refractivity contribution in [1.29, 1.82) is 0 Å². The molecule has 3 aromatic rings. The quantitative estimate of drug-likeness (QED) is 0.351. The van der Waals surface area contributed by atoms with E-state index in [0.29, 0.717) is 24.6 Å². The third kappa shape index (κ3) is 5.60. The van der Waals surface area contributed by atoms with Gasteiger partial charge in [0.15, 0.2) is 0 Å². The number of nitrogens with zero attached hydrogens (tertiary/aromatic N) is 2. The van der Waals surface area contributed by atoms with Crippen LogP contribution in [0.5, 0.6) is 0 Å². The first-order chi connectivity index (χ1) is 16.3. The molecule has 0 saturated carbocycles. The molecule has 4 heterocycles. The Morgan fingerprint density at radius 3 is 2.80 bits per heavy atom. The van der Waals surface area contributed by atoms with Crippen molar-refractivity contribution in [1.82, 2.24) is 20.1 Å². The molecular weight excluding hydrogens is 480 g/mol. The first-order valence-corrected chi connectivity index (χ1v) is 16.5. The van der Waals surface area contributed by atoms with Gasteiger partial charge in [-0.2, -0.15) is 5.10 Å². The largest absolute Gasteiger partial charge is 0.374 e. The van der Waals surface area contributed by atoms with Crippen molar-refractivity contribution in [2.75, 3.05) is 13.2 Å². The number of ether oxygens (including phenoxy) is 2. The number of pyridine rings is 1. The lowest BCUT2D eigenvalue weighted by Crippen LogP contribution is -2.53.